The molecule has 2 aliphatic heterocycles. The molecule has 0 saturated carbocycles. The highest BCUT2D eigenvalue weighted by Gasteiger charge is 2.23. The zero-order valence-electron chi connectivity index (χ0n) is 17.2. The number of hydrogen-bond acceptors (Lipinski definition) is 7. The van der Waals surface area contributed by atoms with Crippen LogP contribution in [0.3, 0.4) is 0 Å². The smallest absolute Gasteiger partial charge is 0.260 e. The van der Waals surface area contributed by atoms with E-state index in [0.717, 1.165) is 17.1 Å². The van der Waals surface area contributed by atoms with E-state index in [0.29, 0.717) is 48.5 Å². The maximum absolute atomic E-state index is 12.6. The van der Waals surface area contributed by atoms with Gasteiger partial charge in [-0.3, -0.25) is 4.79 Å². The average Bonchev–Trinajstić information content (AvgIpc) is 3.31. The van der Waals surface area contributed by atoms with Gasteiger partial charge < -0.3 is 24.0 Å². The lowest BCUT2D eigenvalue weighted by Crippen LogP contribution is -2.50. The molecule has 9 heteroatoms. The van der Waals surface area contributed by atoms with Gasteiger partial charge in [0.1, 0.15) is 5.75 Å². The van der Waals surface area contributed by atoms with Crippen molar-refractivity contribution >= 4 is 23.3 Å². The Hall–Kier alpha value is -3.52. The maximum Gasteiger partial charge on any atom is 0.260 e. The predicted octanol–water partition coefficient (Wildman–Crippen LogP) is 3.25. The van der Waals surface area contributed by atoms with E-state index in [4.69, 9.17) is 25.8 Å². The van der Waals surface area contributed by atoms with Crippen molar-refractivity contribution in [3.05, 3.63) is 59.6 Å². The number of amides is 1. The first-order chi connectivity index (χ1) is 15.7. The predicted molar refractivity (Wildman–Crippen MR) is 119 cm³/mol. The molecule has 0 radical (unpaired) electrons. The Morgan fingerprint density at radius 3 is 2.56 bits per heavy atom. The van der Waals surface area contributed by atoms with Crippen LogP contribution in [0.2, 0.25) is 5.02 Å². The van der Waals surface area contributed by atoms with E-state index in [-0.39, 0.29) is 19.3 Å². The fourth-order valence-corrected chi connectivity index (χ4v) is 3.93. The fraction of sp³-hybridized carbons (Fsp3) is 0.261. The molecule has 3 heterocycles. The van der Waals surface area contributed by atoms with Gasteiger partial charge in [0.2, 0.25) is 6.79 Å². The van der Waals surface area contributed by atoms with Gasteiger partial charge in [0.15, 0.2) is 23.9 Å². The van der Waals surface area contributed by atoms with Gasteiger partial charge in [0, 0.05) is 37.8 Å². The van der Waals surface area contributed by atoms with Crippen LogP contribution < -0.4 is 19.1 Å². The van der Waals surface area contributed by atoms with Crippen LogP contribution in [-0.2, 0) is 4.79 Å². The number of anilines is 1. The van der Waals surface area contributed by atoms with Crippen molar-refractivity contribution < 1.29 is 19.0 Å². The number of hydrogen-bond donors (Lipinski definition) is 0. The van der Waals surface area contributed by atoms with Crippen molar-refractivity contribution in [3.63, 3.8) is 0 Å². The molecule has 1 saturated heterocycles. The summed E-state index contributed by atoms with van der Waals surface area (Å²) in [6.07, 6.45) is 0. The van der Waals surface area contributed by atoms with E-state index in [1.54, 1.807) is 23.1 Å². The molecule has 2 aliphatic rings. The second kappa shape index (κ2) is 8.92. The summed E-state index contributed by atoms with van der Waals surface area (Å²) < 4.78 is 16.3. The Balaban J connectivity index is 1.14. The summed E-state index contributed by atoms with van der Waals surface area (Å²) in [7, 11) is 0. The zero-order chi connectivity index (χ0) is 21.9. The van der Waals surface area contributed by atoms with Crippen LogP contribution in [0, 0.1) is 0 Å². The summed E-state index contributed by atoms with van der Waals surface area (Å²) in [5.74, 6) is 2.62. The number of carbonyl (C=O) groups is 1. The fourth-order valence-electron chi connectivity index (χ4n) is 3.69. The van der Waals surface area contributed by atoms with Gasteiger partial charge in [-0.05, 0) is 30.3 Å². The van der Waals surface area contributed by atoms with Gasteiger partial charge in [0.25, 0.3) is 5.91 Å². The minimum Gasteiger partial charge on any atom is -0.484 e. The van der Waals surface area contributed by atoms with Crippen LogP contribution >= 0.6 is 11.6 Å². The molecule has 0 aliphatic carbocycles. The maximum atomic E-state index is 12.6. The molecule has 8 nitrogen and oxygen atoms in total. The summed E-state index contributed by atoms with van der Waals surface area (Å²) in [6, 6.07) is 16.7. The lowest BCUT2D eigenvalue weighted by atomic mass is 10.1. The first kappa shape index (κ1) is 20.4. The van der Waals surface area contributed by atoms with E-state index in [9.17, 15) is 4.79 Å². The highest BCUT2D eigenvalue weighted by atomic mass is 35.5. The van der Waals surface area contributed by atoms with E-state index in [2.05, 4.69) is 15.1 Å². The highest BCUT2D eigenvalue weighted by molar-refractivity contribution is 6.33. The first-order valence-corrected chi connectivity index (χ1v) is 10.7. The summed E-state index contributed by atoms with van der Waals surface area (Å²) in [5, 5.41) is 9.34. The van der Waals surface area contributed by atoms with Crippen LogP contribution in [0.1, 0.15) is 0 Å². The first-order valence-electron chi connectivity index (χ1n) is 10.3. The third-order valence-corrected chi connectivity index (χ3v) is 5.79. The molecule has 1 aromatic heterocycles. The van der Waals surface area contributed by atoms with Crippen molar-refractivity contribution in [1.82, 2.24) is 15.1 Å². The van der Waals surface area contributed by atoms with Crippen molar-refractivity contribution in [2.75, 3.05) is 44.5 Å². The van der Waals surface area contributed by atoms with Crippen LogP contribution in [-0.4, -0.2) is 60.6 Å². The Bertz CT molecular complexity index is 1120. The number of nitrogens with zero attached hydrogens (tertiary/aromatic N) is 4. The molecule has 32 heavy (non-hydrogen) atoms. The number of benzene rings is 2. The SMILES string of the molecule is O=C(COc1ccc2c(c1)OCO2)N1CCN(c2ccc(-c3ccccc3Cl)nn2)CC1. The highest BCUT2D eigenvalue weighted by Crippen LogP contribution is 2.35. The van der Waals surface area contributed by atoms with Gasteiger partial charge in [-0.1, -0.05) is 29.8 Å². The van der Waals surface area contributed by atoms with Crippen LogP contribution in [0.15, 0.2) is 54.6 Å². The molecular formula is C23H21ClN4O4. The summed E-state index contributed by atoms with van der Waals surface area (Å²) >= 11 is 6.24. The van der Waals surface area contributed by atoms with Gasteiger partial charge in [0.05, 0.1) is 10.7 Å². The number of piperazine rings is 1. The van der Waals surface area contributed by atoms with Gasteiger partial charge in [-0.2, -0.15) is 0 Å². The van der Waals surface area contributed by atoms with E-state index in [1.807, 2.05) is 36.4 Å². The Labute approximate surface area is 190 Å². The molecular weight excluding hydrogens is 432 g/mol. The van der Waals surface area contributed by atoms with Gasteiger partial charge in [-0.25, -0.2) is 0 Å². The van der Waals surface area contributed by atoms with Crippen LogP contribution in [0.5, 0.6) is 17.2 Å². The lowest BCUT2D eigenvalue weighted by Gasteiger charge is -2.35. The zero-order valence-corrected chi connectivity index (χ0v) is 18.0. The molecule has 3 aromatic rings. The molecule has 0 N–H and O–H groups in total. The molecule has 0 bridgehead atoms. The lowest BCUT2D eigenvalue weighted by molar-refractivity contribution is -0.133. The third kappa shape index (κ3) is 4.27. The summed E-state index contributed by atoms with van der Waals surface area (Å²) in [4.78, 5) is 16.5. The molecule has 0 spiro atoms. The molecule has 0 atom stereocenters. The average molecular weight is 453 g/mol. The minimum absolute atomic E-state index is 0.0218. The number of halogens is 1. The standard InChI is InChI=1S/C23H21ClN4O4/c24-18-4-2-1-3-17(18)19-6-8-22(26-25-19)27-9-11-28(12-10-27)23(29)14-30-16-5-7-20-21(13-16)32-15-31-20/h1-8,13H,9-12,14-15H2. The molecule has 1 amide bonds. The summed E-state index contributed by atoms with van der Waals surface area (Å²) in [5.41, 5.74) is 1.58. The largest absolute Gasteiger partial charge is 0.484 e. The summed E-state index contributed by atoms with van der Waals surface area (Å²) in [6.45, 7) is 2.72. The Morgan fingerprint density at radius 2 is 1.78 bits per heavy atom. The quantitative estimate of drug-likeness (QED) is 0.588. The number of aromatic nitrogens is 2. The van der Waals surface area contributed by atoms with Crippen molar-refractivity contribution in [1.29, 1.82) is 0 Å². The molecule has 2 aromatic carbocycles. The number of fused-ring (bicyclic) bond motifs is 1. The minimum atomic E-state index is -0.0533. The van der Waals surface area contributed by atoms with Crippen molar-refractivity contribution in [3.8, 4) is 28.5 Å². The van der Waals surface area contributed by atoms with Gasteiger partial charge in [-0.15, -0.1) is 10.2 Å². The van der Waals surface area contributed by atoms with Gasteiger partial charge >= 0.3 is 0 Å². The second-order valence-corrected chi connectivity index (χ2v) is 7.84. The molecule has 5 rings (SSSR count). The number of ether oxygens (including phenoxy) is 3. The topological polar surface area (TPSA) is 77.0 Å². The van der Waals surface area contributed by atoms with Crippen molar-refractivity contribution in [2.24, 2.45) is 0 Å². The number of rotatable bonds is 5. The Kier molecular flexibility index (Phi) is 5.68. The molecule has 1 fully saturated rings. The number of carbonyl (C=O) groups excluding carboxylic acids is 1. The monoisotopic (exact) mass is 452 g/mol. The second-order valence-electron chi connectivity index (χ2n) is 7.43. The van der Waals surface area contributed by atoms with Crippen LogP contribution in [0.25, 0.3) is 11.3 Å². The van der Waals surface area contributed by atoms with E-state index in [1.165, 1.54) is 0 Å². The third-order valence-electron chi connectivity index (χ3n) is 5.46. The normalized spacial score (nSPS) is 15.0. The molecule has 164 valence electrons. The Morgan fingerprint density at radius 1 is 0.969 bits per heavy atom. The van der Waals surface area contributed by atoms with E-state index < -0.39 is 0 Å². The van der Waals surface area contributed by atoms with Crippen LogP contribution in [0.4, 0.5) is 5.82 Å². The van der Waals surface area contributed by atoms with Crippen molar-refractivity contribution in [2.45, 2.75) is 0 Å². The van der Waals surface area contributed by atoms with E-state index >= 15 is 0 Å². The molecule has 0 unspecified atom stereocenters.